The van der Waals surface area contributed by atoms with E-state index in [4.69, 9.17) is 9.47 Å². The zero-order valence-corrected chi connectivity index (χ0v) is 10.3. The lowest BCUT2D eigenvalue weighted by molar-refractivity contribution is -0.0544. The van der Waals surface area contributed by atoms with Crippen molar-refractivity contribution in [1.82, 2.24) is 5.32 Å². The van der Waals surface area contributed by atoms with E-state index in [1.807, 2.05) is 0 Å². The molecule has 1 saturated heterocycles. The minimum Gasteiger partial charge on any atom is -0.384 e. The van der Waals surface area contributed by atoms with E-state index in [9.17, 15) is 0 Å². The Morgan fingerprint density at radius 1 is 1.53 bits per heavy atom. The van der Waals surface area contributed by atoms with E-state index in [0.29, 0.717) is 5.92 Å². The minimum absolute atomic E-state index is 0.282. The highest BCUT2D eigenvalue weighted by Gasteiger charge is 2.37. The van der Waals surface area contributed by atoms with Gasteiger partial charge >= 0.3 is 0 Å². The molecular formula is C12H25NO2. The van der Waals surface area contributed by atoms with Gasteiger partial charge in [-0.3, -0.25) is 0 Å². The van der Waals surface area contributed by atoms with Gasteiger partial charge in [0.1, 0.15) is 0 Å². The molecular weight excluding hydrogens is 190 g/mol. The normalized spacial score (nSPS) is 29.0. The Morgan fingerprint density at radius 3 is 2.87 bits per heavy atom. The third kappa shape index (κ3) is 3.44. The van der Waals surface area contributed by atoms with Crippen molar-refractivity contribution in [2.45, 2.75) is 26.7 Å². The van der Waals surface area contributed by atoms with Crippen LogP contribution in [0.5, 0.6) is 0 Å². The summed E-state index contributed by atoms with van der Waals surface area (Å²) in [5.41, 5.74) is 0.282. The maximum Gasteiger partial charge on any atom is 0.0538 e. The van der Waals surface area contributed by atoms with Gasteiger partial charge in [0.25, 0.3) is 0 Å². The molecule has 1 aliphatic heterocycles. The van der Waals surface area contributed by atoms with Crippen LogP contribution in [-0.4, -0.2) is 40.0 Å². The van der Waals surface area contributed by atoms with Gasteiger partial charge in [0.05, 0.1) is 6.61 Å². The Labute approximate surface area is 93.5 Å². The molecule has 0 aromatic rings. The largest absolute Gasteiger partial charge is 0.384 e. The fourth-order valence-electron chi connectivity index (χ4n) is 2.38. The molecule has 90 valence electrons. The van der Waals surface area contributed by atoms with Crippen molar-refractivity contribution in [3.63, 3.8) is 0 Å². The summed E-state index contributed by atoms with van der Waals surface area (Å²) in [5, 5.41) is 3.46. The summed E-state index contributed by atoms with van der Waals surface area (Å²) in [7, 11) is 1.78. The maximum atomic E-state index is 5.65. The van der Waals surface area contributed by atoms with Crippen LogP contribution in [0, 0.1) is 11.3 Å². The molecule has 15 heavy (non-hydrogen) atoms. The molecule has 0 saturated carbocycles. The van der Waals surface area contributed by atoms with Crippen LogP contribution in [0.3, 0.4) is 0 Å². The van der Waals surface area contributed by atoms with Gasteiger partial charge in [0.15, 0.2) is 0 Å². The lowest BCUT2D eigenvalue weighted by Gasteiger charge is -2.42. The fourth-order valence-corrected chi connectivity index (χ4v) is 2.38. The molecule has 0 bridgehead atoms. The molecule has 3 nitrogen and oxygen atoms in total. The molecule has 0 radical (unpaired) electrons. The summed E-state index contributed by atoms with van der Waals surface area (Å²) in [4.78, 5) is 0. The van der Waals surface area contributed by atoms with E-state index in [1.165, 1.54) is 12.8 Å². The Bertz CT molecular complexity index is 167. The molecule has 0 aromatic carbocycles. The number of rotatable bonds is 6. The highest BCUT2D eigenvalue weighted by molar-refractivity contribution is 4.88. The lowest BCUT2D eigenvalue weighted by Crippen LogP contribution is -2.46. The van der Waals surface area contributed by atoms with Crippen LogP contribution in [0.4, 0.5) is 0 Å². The highest BCUT2D eigenvalue weighted by Crippen LogP contribution is 2.36. The second kappa shape index (κ2) is 6.46. The second-order valence-corrected chi connectivity index (χ2v) is 4.66. The molecule has 0 aliphatic carbocycles. The summed E-state index contributed by atoms with van der Waals surface area (Å²) in [6, 6.07) is 0. The minimum atomic E-state index is 0.282. The molecule has 1 N–H and O–H groups in total. The van der Waals surface area contributed by atoms with Gasteiger partial charge in [-0.05, 0) is 25.3 Å². The van der Waals surface area contributed by atoms with E-state index in [2.05, 4.69) is 19.2 Å². The number of hydrogen-bond donors (Lipinski definition) is 1. The van der Waals surface area contributed by atoms with Crippen molar-refractivity contribution in [1.29, 1.82) is 0 Å². The topological polar surface area (TPSA) is 30.5 Å². The number of hydrogen-bond acceptors (Lipinski definition) is 3. The molecule has 1 fully saturated rings. The number of nitrogens with one attached hydrogen (secondary N) is 1. The summed E-state index contributed by atoms with van der Waals surface area (Å²) < 4.78 is 10.9. The zero-order valence-electron chi connectivity index (χ0n) is 10.3. The SMILES string of the molecule is CCNCC1(C(C)COC)CCCOC1. The van der Waals surface area contributed by atoms with Crippen molar-refractivity contribution in [2.24, 2.45) is 11.3 Å². The van der Waals surface area contributed by atoms with Gasteiger partial charge in [-0.2, -0.15) is 0 Å². The predicted molar refractivity (Wildman–Crippen MR) is 62.1 cm³/mol. The van der Waals surface area contributed by atoms with Gasteiger partial charge in [0.2, 0.25) is 0 Å². The van der Waals surface area contributed by atoms with Gasteiger partial charge in [-0.25, -0.2) is 0 Å². The average Bonchev–Trinajstić information content (AvgIpc) is 2.28. The summed E-state index contributed by atoms with van der Waals surface area (Å²) in [6.45, 7) is 9.14. The quantitative estimate of drug-likeness (QED) is 0.731. The van der Waals surface area contributed by atoms with Crippen molar-refractivity contribution in [3.8, 4) is 0 Å². The first-order valence-electron chi connectivity index (χ1n) is 6.02. The molecule has 2 atom stereocenters. The van der Waals surface area contributed by atoms with Gasteiger partial charge in [-0.1, -0.05) is 13.8 Å². The monoisotopic (exact) mass is 215 g/mol. The molecule has 0 spiro atoms. The first-order chi connectivity index (χ1) is 7.25. The van der Waals surface area contributed by atoms with E-state index in [1.54, 1.807) is 7.11 Å². The van der Waals surface area contributed by atoms with E-state index in [-0.39, 0.29) is 5.41 Å². The van der Waals surface area contributed by atoms with Gasteiger partial charge < -0.3 is 14.8 Å². The molecule has 0 aromatic heterocycles. The second-order valence-electron chi connectivity index (χ2n) is 4.66. The molecule has 1 heterocycles. The average molecular weight is 215 g/mol. The van der Waals surface area contributed by atoms with Crippen LogP contribution in [0.2, 0.25) is 0 Å². The van der Waals surface area contributed by atoms with Crippen molar-refractivity contribution in [3.05, 3.63) is 0 Å². The third-order valence-corrected chi connectivity index (χ3v) is 3.54. The molecule has 1 aliphatic rings. The Hall–Kier alpha value is -0.120. The van der Waals surface area contributed by atoms with Gasteiger partial charge in [0, 0.05) is 32.3 Å². The maximum absolute atomic E-state index is 5.65. The third-order valence-electron chi connectivity index (χ3n) is 3.54. The molecule has 0 amide bonds. The van der Waals surface area contributed by atoms with E-state index < -0.39 is 0 Å². The zero-order chi connectivity index (χ0) is 11.1. The van der Waals surface area contributed by atoms with Crippen LogP contribution in [0.15, 0.2) is 0 Å². The Morgan fingerprint density at radius 2 is 2.33 bits per heavy atom. The summed E-state index contributed by atoms with van der Waals surface area (Å²) in [5.74, 6) is 0.557. The van der Waals surface area contributed by atoms with Crippen molar-refractivity contribution < 1.29 is 9.47 Å². The van der Waals surface area contributed by atoms with Crippen molar-refractivity contribution >= 4 is 0 Å². The Kier molecular flexibility index (Phi) is 5.58. The lowest BCUT2D eigenvalue weighted by atomic mass is 9.72. The predicted octanol–water partition coefficient (Wildman–Crippen LogP) is 1.68. The standard InChI is InChI=1S/C12H25NO2/c1-4-13-9-12(11(2)8-14-3)6-5-7-15-10-12/h11,13H,4-10H2,1-3H3. The smallest absolute Gasteiger partial charge is 0.0538 e. The fraction of sp³-hybridized carbons (Fsp3) is 1.00. The van der Waals surface area contributed by atoms with Crippen LogP contribution in [-0.2, 0) is 9.47 Å². The number of ether oxygens (including phenoxy) is 2. The summed E-state index contributed by atoms with van der Waals surface area (Å²) >= 11 is 0. The molecule has 1 rings (SSSR count). The van der Waals surface area contributed by atoms with Crippen LogP contribution < -0.4 is 5.32 Å². The van der Waals surface area contributed by atoms with Crippen LogP contribution >= 0.6 is 0 Å². The number of methoxy groups -OCH3 is 1. The highest BCUT2D eigenvalue weighted by atomic mass is 16.5. The van der Waals surface area contributed by atoms with Crippen LogP contribution in [0.1, 0.15) is 26.7 Å². The van der Waals surface area contributed by atoms with Crippen LogP contribution in [0.25, 0.3) is 0 Å². The molecule has 3 heteroatoms. The van der Waals surface area contributed by atoms with Crippen molar-refractivity contribution in [2.75, 3.05) is 40.0 Å². The Balaban J connectivity index is 2.56. The van der Waals surface area contributed by atoms with E-state index in [0.717, 1.165) is 32.9 Å². The molecule has 2 unspecified atom stereocenters. The first kappa shape index (κ1) is 12.9. The summed E-state index contributed by atoms with van der Waals surface area (Å²) in [6.07, 6.45) is 2.43. The van der Waals surface area contributed by atoms with Gasteiger partial charge in [-0.15, -0.1) is 0 Å². The van der Waals surface area contributed by atoms with E-state index >= 15 is 0 Å². The first-order valence-corrected chi connectivity index (χ1v) is 6.02.